The molecular formula is C8H16N2O2. The Kier molecular flexibility index (Phi) is 3.89. The first kappa shape index (κ1) is 11.1. The molecule has 0 radical (unpaired) electrons. The molecule has 1 amide bonds. The van der Waals surface area contributed by atoms with E-state index in [4.69, 9.17) is 5.73 Å². The highest BCUT2D eigenvalue weighted by atomic mass is 16.2. The summed E-state index contributed by atoms with van der Waals surface area (Å²) in [5.74, 6) is -0.246. The largest absolute Gasteiger partial charge is 0.335 e. The summed E-state index contributed by atoms with van der Waals surface area (Å²) in [6, 6.07) is -0.930. The summed E-state index contributed by atoms with van der Waals surface area (Å²) >= 11 is 0. The predicted octanol–water partition coefficient (Wildman–Crippen LogP) is -0.230. The molecule has 0 aromatic carbocycles. The van der Waals surface area contributed by atoms with Crippen molar-refractivity contribution in [1.82, 2.24) is 4.90 Å². The summed E-state index contributed by atoms with van der Waals surface area (Å²) < 4.78 is 0. The maximum absolute atomic E-state index is 11.2. The van der Waals surface area contributed by atoms with E-state index in [0.29, 0.717) is 0 Å². The molecule has 0 spiro atoms. The quantitative estimate of drug-likeness (QED) is 0.639. The van der Waals surface area contributed by atoms with Gasteiger partial charge in [0.1, 0.15) is 0 Å². The number of ketones is 1. The zero-order valence-electron chi connectivity index (χ0n) is 8.00. The van der Waals surface area contributed by atoms with Gasteiger partial charge >= 0.3 is 0 Å². The molecule has 12 heavy (non-hydrogen) atoms. The molecule has 0 fully saturated rings. The van der Waals surface area contributed by atoms with Crippen LogP contribution < -0.4 is 5.73 Å². The Morgan fingerprint density at radius 2 is 1.75 bits per heavy atom. The van der Waals surface area contributed by atoms with Crippen LogP contribution in [0.2, 0.25) is 0 Å². The van der Waals surface area contributed by atoms with Crippen molar-refractivity contribution in [1.29, 1.82) is 0 Å². The van der Waals surface area contributed by atoms with Gasteiger partial charge in [-0.25, -0.2) is 0 Å². The van der Waals surface area contributed by atoms with E-state index >= 15 is 0 Å². The van der Waals surface area contributed by atoms with Crippen molar-refractivity contribution in [3.8, 4) is 0 Å². The van der Waals surface area contributed by atoms with Gasteiger partial charge in [0.25, 0.3) is 0 Å². The van der Waals surface area contributed by atoms with Crippen molar-refractivity contribution in [3.05, 3.63) is 0 Å². The predicted molar refractivity (Wildman–Crippen MR) is 46.6 cm³/mol. The normalized spacial score (nSPS) is 15.1. The molecule has 0 aliphatic rings. The van der Waals surface area contributed by atoms with Crippen LogP contribution in [0.3, 0.4) is 0 Å². The number of rotatable bonds is 3. The first-order valence-electron chi connectivity index (χ1n) is 3.90. The lowest BCUT2D eigenvalue weighted by Gasteiger charge is -2.24. The number of amides is 1. The van der Waals surface area contributed by atoms with E-state index in [1.807, 2.05) is 0 Å². The first-order chi connectivity index (χ1) is 5.37. The second-order valence-corrected chi connectivity index (χ2v) is 3.02. The van der Waals surface area contributed by atoms with Crippen molar-refractivity contribution in [2.24, 2.45) is 5.73 Å². The monoisotopic (exact) mass is 172 g/mol. The Labute approximate surface area is 72.7 Å². The zero-order valence-corrected chi connectivity index (χ0v) is 8.00. The van der Waals surface area contributed by atoms with Crippen molar-refractivity contribution >= 4 is 11.7 Å². The van der Waals surface area contributed by atoms with Crippen LogP contribution in [0.5, 0.6) is 0 Å². The Morgan fingerprint density at radius 1 is 1.33 bits per heavy atom. The van der Waals surface area contributed by atoms with E-state index in [9.17, 15) is 9.59 Å². The number of nitrogens with two attached hydrogens (primary N) is 1. The van der Waals surface area contributed by atoms with E-state index < -0.39 is 6.04 Å². The first-order valence-corrected chi connectivity index (χ1v) is 3.90. The molecular weight excluding hydrogens is 156 g/mol. The van der Waals surface area contributed by atoms with Crippen molar-refractivity contribution in [2.75, 3.05) is 7.05 Å². The average molecular weight is 172 g/mol. The Bertz CT molecular complexity index is 189. The molecule has 0 aliphatic carbocycles. The van der Waals surface area contributed by atoms with Crippen LogP contribution in [-0.2, 0) is 9.59 Å². The van der Waals surface area contributed by atoms with Gasteiger partial charge in [-0.05, 0) is 20.8 Å². The van der Waals surface area contributed by atoms with Crippen molar-refractivity contribution in [3.63, 3.8) is 0 Å². The maximum atomic E-state index is 11.2. The fraction of sp³-hybridized carbons (Fsp3) is 0.750. The zero-order chi connectivity index (χ0) is 9.89. The topological polar surface area (TPSA) is 63.4 Å². The fourth-order valence-electron chi connectivity index (χ4n) is 0.785. The van der Waals surface area contributed by atoms with Gasteiger partial charge in [0, 0.05) is 7.05 Å². The Hall–Kier alpha value is -0.900. The summed E-state index contributed by atoms with van der Waals surface area (Å²) in [7, 11) is 1.58. The van der Waals surface area contributed by atoms with Gasteiger partial charge < -0.3 is 10.6 Å². The second-order valence-electron chi connectivity index (χ2n) is 3.02. The molecule has 0 bridgehead atoms. The SMILES string of the molecule is CC(=O)[C@H](C)N(C)C(=O)C(C)N. The molecule has 0 aromatic heterocycles. The minimum absolute atomic E-state index is 0.0356. The molecule has 4 heteroatoms. The van der Waals surface area contributed by atoms with Crippen LogP contribution in [0.4, 0.5) is 0 Å². The lowest BCUT2D eigenvalue weighted by molar-refractivity contribution is -0.137. The van der Waals surface area contributed by atoms with Gasteiger partial charge in [-0.3, -0.25) is 9.59 Å². The summed E-state index contributed by atoms with van der Waals surface area (Å²) in [5.41, 5.74) is 5.37. The molecule has 2 N–H and O–H groups in total. The number of hydrogen-bond acceptors (Lipinski definition) is 3. The summed E-state index contributed by atoms with van der Waals surface area (Å²) in [6.07, 6.45) is 0. The molecule has 4 nitrogen and oxygen atoms in total. The molecule has 0 aliphatic heterocycles. The van der Waals surface area contributed by atoms with E-state index in [0.717, 1.165) is 0 Å². The fourth-order valence-corrected chi connectivity index (χ4v) is 0.785. The Balaban J connectivity index is 4.29. The summed E-state index contributed by atoms with van der Waals surface area (Å²) in [6.45, 7) is 4.74. The van der Waals surface area contributed by atoms with E-state index in [1.54, 1.807) is 20.9 Å². The molecule has 0 saturated heterocycles. The number of hydrogen-bond donors (Lipinski definition) is 1. The highest BCUT2D eigenvalue weighted by Crippen LogP contribution is 1.98. The summed E-state index contributed by atoms with van der Waals surface area (Å²) in [4.78, 5) is 23.5. The number of carbonyl (C=O) groups is 2. The third kappa shape index (κ3) is 2.62. The molecule has 70 valence electrons. The number of likely N-dealkylation sites (N-methyl/N-ethyl adjacent to an activating group) is 1. The Morgan fingerprint density at radius 3 is 2.00 bits per heavy atom. The van der Waals surface area contributed by atoms with Crippen LogP contribution in [0, 0.1) is 0 Å². The smallest absolute Gasteiger partial charge is 0.239 e. The second kappa shape index (κ2) is 4.21. The molecule has 0 aromatic rings. The maximum Gasteiger partial charge on any atom is 0.239 e. The number of nitrogens with zero attached hydrogens (tertiary/aromatic N) is 1. The molecule has 0 rings (SSSR count). The summed E-state index contributed by atoms with van der Waals surface area (Å²) in [5, 5.41) is 0. The van der Waals surface area contributed by atoms with Crippen LogP contribution in [0.25, 0.3) is 0 Å². The lowest BCUT2D eigenvalue weighted by Crippen LogP contribution is -2.46. The minimum atomic E-state index is -0.545. The highest BCUT2D eigenvalue weighted by molar-refractivity contribution is 5.88. The lowest BCUT2D eigenvalue weighted by atomic mass is 10.2. The van der Waals surface area contributed by atoms with Gasteiger partial charge in [-0.2, -0.15) is 0 Å². The third-order valence-corrected chi connectivity index (χ3v) is 1.91. The minimum Gasteiger partial charge on any atom is -0.335 e. The van der Waals surface area contributed by atoms with E-state index in [2.05, 4.69) is 0 Å². The number of Topliss-reactive ketones (excluding diaryl/α,β-unsaturated/α-hetero) is 1. The standard InChI is InChI=1S/C8H16N2O2/c1-5(9)8(12)10(4)6(2)7(3)11/h5-6H,9H2,1-4H3/t5?,6-/m0/s1. The third-order valence-electron chi connectivity index (χ3n) is 1.91. The average Bonchev–Trinajstić information content (AvgIpc) is 2.00. The highest BCUT2D eigenvalue weighted by Gasteiger charge is 2.21. The van der Waals surface area contributed by atoms with Crippen LogP contribution in [-0.4, -0.2) is 35.7 Å². The molecule has 0 saturated carbocycles. The van der Waals surface area contributed by atoms with Crippen molar-refractivity contribution in [2.45, 2.75) is 32.9 Å². The molecule has 1 unspecified atom stereocenters. The van der Waals surface area contributed by atoms with Crippen molar-refractivity contribution < 1.29 is 9.59 Å². The van der Waals surface area contributed by atoms with E-state index in [-0.39, 0.29) is 17.7 Å². The van der Waals surface area contributed by atoms with Gasteiger partial charge in [-0.1, -0.05) is 0 Å². The van der Waals surface area contributed by atoms with Gasteiger partial charge in [0.15, 0.2) is 5.78 Å². The number of carbonyl (C=O) groups excluding carboxylic acids is 2. The van der Waals surface area contributed by atoms with E-state index in [1.165, 1.54) is 11.8 Å². The van der Waals surface area contributed by atoms with Crippen LogP contribution in [0.15, 0.2) is 0 Å². The molecule has 2 atom stereocenters. The molecule has 0 heterocycles. The van der Waals surface area contributed by atoms with Gasteiger partial charge in [0.2, 0.25) is 5.91 Å². The van der Waals surface area contributed by atoms with Gasteiger partial charge in [-0.15, -0.1) is 0 Å². The van der Waals surface area contributed by atoms with Gasteiger partial charge in [0.05, 0.1) is 12.1 Å². The van der Waals surface area contributed by atoms with Crippen LogP contribution in [0.1, 0.15) is 20.8 Å². The van der Waals surface area contributed by atoms with Crippen LogP contribution >= 0.6 is 0 Å².